The topological polar surface area (TPSA) is 71.2 Å². The highest BCUT2D eigenvalue weighted by Crippen LogP contribution is 2.33. The van der Waals surface area contributed by atoms with Crippen LogP contribution in [0.5, 0.6) is 0 Å². The number of hydrogen-bond donors (Lipinski definition) is 2. The van der Waals surface area contributed by atoms with E-state index < -0.39 is 0 Å². The normalized spacial score (nSPS) is 20.6. The second-order valence-corrected chi connectivity index (χ2v) is 8.65. The number of fused-ring (bicyclic) bond motifs is 1. The van der Waals surface area contributed by atoms with Crippen LogP contribution in [0.25, 0.3) is 10.9 Å². The summed E-state index contributed by atoms with van der Waals surface area (Å²) in [6.07, 6.45) is 8.97. The van der Waals surface area contributed by atoms with Gasteiger partial charge in [-0.15, -0.1) is 0 Å². The molecular weight excluding hydrogens is 372 g/mol. The summed E-state index contributed by atoms with van der Waals surface area (Å²) in [6.45, 7) is 1.76. The Bertz CT molecular complexity index is 850. The largest absolute Gasteiger partial charge is 0.355 e. The predicted octanol–water partition coefficient (Wildman–Crippen LogP) is 4.72. The Balaban J connectivity index is 1.48. The molecular formula is C22H29ClN4O. The van der Waals surface area contributed by atoms with Crippen LogP contribution in [0.3, 0.4) is 0 Å². The molecule has 1 aromatic carbocycles. The minimum Gasteiger partial charge on any atom is -0.355 e. The molecule has 2 fully saturated rings. The third-order valence-electron chi connectivity index (χ3n) is 6.12. The fourth-order valence-electron chi connectivity index (χ4n) is 4.48. The Labute approximate surface area is 171 Å². The van der Waals surface area contributed by atoms with Gasteiger partial charge in [0, 0.05) is 30.9 Å². The van der Waals surface area contributed by atoms with E-state index in [2.05, 4.69) is 10.2 Å². The first-order chi connectivity index (χ1) is 13.6. The zero-order valence-corrected chi connectivity index (χ0v) is 17.0. The Hall–Kier alpha value is -1.85. The average Bonchev–Trinajstić information content (AvgIpc) is 3.15. The quantitative estimate of drug-likeness (QED) is 0.761. The van der Waals surface area contributed by atoms with E-state index in [0.717, 1.165) is 42.7 Å². The molecule has 2 aromatic rings. The molecule has 1 atom stereocenters. The number of carbonyl (C=O) groups excluding carboxylic acids is 1. The van der Waals surface area contributed by atoms with Crippen LogP contribution in [0.1, 0.15) is 51.4 Å². The SMILES string of the molecule is NC1CCN(c2ccc3c(NC(=O)CCC4CCCCC4)c(Cl)ccc3n2)C1. The van der Waals surface area contributed by atoms with Crippen LogP contribution in [0.15, 0.2) is 24.3 Å². The number of nitrogens with zero attached hydrogens (tertiary/aromatic N) is 2. The molecule has 1 saturated carbocycles. The summed E-state index contributed by atoms with van der Waals surface area (Å²) >= 11 is 6.41. The van der Waals surface area contributed by atoms with Gasteiger partial charge in [0.05, 0.1) is 16.2 Å². The fraction of sp³-hybridized carbons (Fsp3) is 0.545. The molecule has 1 aliphatic heterocycles. The van der Waals surface area contributed by atoms with E-state index in [1.54, 1.807) is 0 Å². The highest BCUT2D eigenvalue weighted by molar-refractivity contribution is 6.35. The number of carbonyl (C=O) groups is 1. The minimum atomic E-state index is 0.0366. The first-order valence-corrected chi connectivity index (χ1v) is 10.9. The Morgan fingerprint density at radius 2 is 2.00 bits per heavy atom. The molecule has 0 bridgehead atoms. The molecule has 6 heteroatoms. The van der Waals surface area contributed by atoms with Gasteiger partial charge in [0.25, 0.3) is 0 Å². The van der Waals surface area contributed by atoms with Gasteiger partial charge in [-0.2, -0.15) is 0 Å². The lowest BCUT2D eigenvalue weighted by Gasteiger charge is -2.21. The molecule has 1 aliphatic carbocycles. The van der Waals surface area contributed by atoms with Crippen molar-refractivity contribution < 1.29 is 4.79 Å². The molecule has 2 heterocycles. The third-order valence-corrected chi connectivity index (χ3v) is 6.44. The summed E-state index contributed by atoms with van der Waals surface area (Å²) in [6, 6.07) is 7.93. The van der Waals surface area contributed by atoms with Crippen molar-refractivity contribution in [3.63, 3.8) is 0 Å². The smallest absolute Gasteiger partial charge is 0.224 e. The van der Waals surface area contributed by atoms with Gasteiger partial charge in [0.2, 0.25) is 5.91 Å². The van der Waals surface area contributed by atoms with Gasteiger partial charge in [-0.05, 0) is 43.0 Å². The lowest BCUT2D eigenvalue weighted by molar-refractivity contribution is -0.116. The van der Waals surface area contributed by atoms with Crippen molar-refractivity contribution in [2.45, 2.75) is 57.4 Å². The molecule has 150 valence electrons. The lowest BCUT2D eigenvalue weighted by atomic mass is 9.86. The number of rotatable bonds is 5. The third kappa shape index (κ3) is 4.41. The van der Waals surface area contributed by atoms with Gasteiger partial charge in [0.1, 0.15) is 5.82 Å². The number of hydrogen-bond acceptors (Lipinski definition) is 4. The number of nitrogens with two attached hydrogens (primary N) is 1. The van der Waals surface area contributed by atoms with Crippen LogP contribution in [-0.2, 0) is 4.79 Å². The Kier molecular flexibility index (Phi) is 6.02. The summed E-state index contributed by atoms with van der Waals surface area (Å²) < 4.78 is 0. The number of benzene rings is 1. The van der Waals surface area contributed by atoms with E-state index in [0.29, 0.717) is 23.0 Å². The zero-order chi connectivity index (χ0) is 19.5. The molecule has 4 rings (SSSR count). The number of pyridine rings is 1. The molecule has 5 nitrogen and oxygen atoms in total. The minimum absolute atomic E-state index is 0.0366. The molecule has 0 radical (unpaired) electrons. The molecule has 1 aromatic heterocycles. The van der Waals surface area contributed by atoms with Crippen molar-refractivity contribution in [2.75, 3.05) is 23.3 Å². The Morgan fingerprint density at radius 3 is 2.75 bits per heavy atom. The molecule has 0 spiro atoms. The van der Waals surface area contributed by atoms with Crippen molar-refractivity contribution in [1.29, 1.82) is 0 Å². The van der Waals surface area contributed by atoms with Crippen molar-refractivity contribution in [2.24, 2.45) is 11.7 Å². The maximum Gasteiger partial charge on any atom is 0.224 e. The average molecular weight is 401 g/mol. The van der Waals surface area contributed by atoms with E-state index in [4.69, 9.17) is 22.3 Å². The zero-order valence-electron chi connectivity index (χ0n) is 16.3. The second-order valence-electron chi connectivity index (χ2n) is 8.24. The second kappa shape index (κ2) is 8.66. The van der Waals surface area contributed by atoms with Crippen molar-refractivity contribution in [3.8, 4) is 0 Å². The Morgan fingerprint density at radius 1 is 1.18 bits per heavy atom. The van der Waals surface area contributed by atoms with Crippen LogP contribution < -0.4 is 16.0 Å². The first-order valence-electron chi connectivity index (χ1n) is 10.5. The molecule has 3 N–H and O–H groups in total. The van der Waals surface area contributed by atoms with E-state index in [-0.39, 0.29) is 11.9 Å². The van der Waals surface area contributed by atoms with Crippen LogP contribution in [0, 0.1) is 5.92 Å². The van der Waals surface area contributed by atoms with Gasteiger partial charge in [-0.25, -0.2) is 4.98 Å². The van der Waals surface area contributed by atoms with Gasteiger partial charge in [-0.3, -0.25) is 4.79 Å². The van der Waals surface area contributed by atoms with Gasteiger partial charge in [0.15, 0.2) is 0 Å². The van der Waals surface area contributed by atoms with E-state index in [1.165, 1.54) is 32.1 Å². The van der Waals surface area contributed by atoms with E-state index in [9.17, 15) is 4.79 Å². The monoisotopic (exact) mass is 400 g/mol. The highest BCUT2D eigenvalue weighted by atomic mass is 35.5. The van der Waals surface area contributed by atoms with Crippen molar-refractivity contribution in [1.82, 2.24) is 4.98 Å². The predicted molar refractivity (Wildman–Crippen MR) is 116 cm³/mol. The number of anilines is 2. The highest BCUT2D eigenvalue weighted by Gasteiger charge is 2.21. The first kappa shape index (κ1) is 19.5. The number of amides is 1. The summed E-state index contributed by atoms with van der Waals surface area (Å²) in [7, 11) is 0. The molecule has 2 aliphatic rings. The summed E-state index contributed by atoms with van der Waals surface area (Å²) in [5, 5.41) is 4.48. The van der Waals surface area contributed by atoms with Crippen LogP contribution in [0.2, 0.25) is 5.02 Å². The fourth-order valence-corrected chi connectivity index (χ4v) is 4.69. The van der Waals surface area contributed by atoms with Gasteiger partial charge in [-0.1, -0.05) is 43.7 Å². The molecule has 1 amide bonds. The molecule has 1 saturated heterocycles. The number of halogens is 1. The van der Waals surface area contributed by atoms with Crippen LogP contribution in [-0.4, -0.2) is 30.0 Å². The van der Waals surface area contributed by atoms with E-state index in [1.807, 2.05) is 24.3 Å². The summed E-state index contributed by atoms with van der Waals surface area (Å²) in [5.74, 6) is 1.66. The van der Waals surface area contributed by atoms with Crippen LogP contribution in [0.4, 0.5) is 11.5 Å². The van der Waals surface area contributed by atoms with Crippen molar-refractivity contribution >= 4 is 39.9 Å². The standard InChI is InChI=1S/C22H29ClN4O/c23-18-8-9-19-17(7-10-20(25-19)27-13-12-16(24)14-27)22(18)26-21(28)11-6-15-4-2-1-3-5-15/h7-10,15-16H,1-6,11-14,24H2,(H,26,28). The summed E-state index contributed by atoms with van der Waals surface area (Å²) in [4.78, 5) is 19.5. The number of nitrogens with one attached hydrogen (secondary N) is 1. The molecule has 1 unspecified atom stereocenters. The van der Waals surface area contributed by atoms with Crippen LogP contribution >= 0.6 is 11.6 Å². The van der Waals surface area contributed by atoms with Crippen molar-refractivity contribution in [3.05, 3.63) is 29.3 Å². The maximum absolute atomic E-state index is 12.6. The molecule has 28 heavy (non-hydrogen) atoms. The summed E-state index contributed by atoms with van der Waals surface area (Å²) in [5.41, 5.74) is 7.53. The maximum atomic E-state index is 12.6. The van der Waals surface area contributed by atoms with E-state index >= 15 is 0 Å². The van der Waals surface area contributed by atoms with Gasteiger partial charge >= 0.3 is 0 Å². The lowest BCUT2D eigenvalue weighted by Crippen LogP contribution is -2.26. The number of aromatic nitrogens is 1. The van der Waals surface area contributed by atoms with Gasteiger partial charge < -0.3 is 16.0 Å².